The van der Waals surface area contributed by atoms with E-state index in [1.807, 2.05) is 86.9 Å². The van der Waals surface area contributed by atoms with Gasteiger partial charge in [0.1, 0.15) is 36.8 Å². The molecule has 5 aromatic carbocycles. The van der Waals surface area contributed by atoms with Crippen LogP contribution < -0.4 is 20.1 Å². The highest BCUT2D eigenvalue weighted by Gasteiger charge is 2.42. The van der Waals surface area contributed by atoms with Crippen LogP contribution >= 0.6 is 11.3 Å². The molecule has 1 aromatic heterocycles. The molecule has 1 aliphatic rings. The van der Waals surface area contributed by atoms with Gasteiger partial charge in [-0.2, -0.15) is 0 Å². The fourth-order valence-electron chi connectivity index (χ4n) is 8.66. The van der Waals surface area contributed by atoms with Gasteiger partial charge in [0.15, 0.2) is 6.61 Å². The van der Waals surface area contributed by atoms with Crippen molar-refractivity contribution in [3.05, 3.63) is 172 Å². The molecule has 7 rings (SSSR count). The summed E-state index contributed by atoms with van der Waals surface area (Å²) in [5, 5.41) is 16.2. The Labute approximate surface area is 426 Å². The molecular formula is C58H65N5O8S. The number of allylic oxidation sites excluding steroid dienone is 1. The normalized spacial score (nSPS) is 15.1. The van der Waals surface area contributed by atoms with E-state index in [2.05, 4.69) is 83.2 Å². The van der Waals surface area contributed by atoms with Crippen LogP contribution in [0.4, 0.5) is 0 Å². The Hall–Kier alpha value is -7.13. The van der Waals surface area contributed by atoms with E-state index in [9.17, 15) is 24.3 Å². The number of thiazole rings is 1. The largest absolute Gasteiger partial charge is 0.492 e. The predicted octanol–water partition coefficient (Wildman–Crippen LogP) is 8.38. The molecule has 3 atom stereocenters. The molecule has 4 amide bonds. The number of benzene rings is 5. The third-order valence-corrected chi connectivity index (χ3v) is 13.7. The van der Waals surface area contributed by atoms with Crippen LogP contribution in [-0.4, -0.2) is 108 Å². The van der Waals surface area contributed by atoms with Crippen LogP contribution in [0.15, 0.2) is 139 Å². The van der Waals surface area contributed by atoms with Crippen molar-refractivity contribution in [1.29, 1.82) is 0 Å². The van der Waals surface area contributed by atoms with Crippen LogP contribution in [0.3, 0.4) is 0 Å². The topological polar surface area (TPSA) is 160 Å². The van der Waals surface area contributed by atoms with E-state index < -0.39 is 30.0 Å². The summed E-state index contributed by atoms with van der Waals surface area (Å²) in [5.41, 5.74) is 11.6. The zero-order valence-electron chi connectivity index (χ0n) is 41.7. The smallest absolute Gasteiger partial charge is 0.260 e. The molecule has 6 aromatic rings. The van der Waals surface area contributed by atoms with Crippen LogP contribution in [0.1, 0.15) is 67.1 Å². The molecule has 0 spiro atoms. The summed E-state index contributed by atoms with van der Waals surface area (Å²) in [6, 6.07) is 42.4. The molecule has 0 saturated carbocycles. The Morgan fingerprint density at radius 2 is 1.42 bits per heavy atom. The van der Waals surface area contributed by atoms with Gasteiger partial charge in [-0.25, -0.2) is 4.98 Å². The molecule has 376 valence electrons. The van der Waals surface area contributed by atoms with Gasteiger partial charge in [-0.05, 0) is 94.5 Å². The number of amides is 4. The number of aryl methyl sites for hydroxylation is 1. The minimum Gasteiger partial charge on any atom is -0.492 e. The van der Waals surface area contributed by atoms with Gasteiger partial charge in [0.2, 0.25) is 17.7 Å². The van der Waals surface area contributed by atoms with Gasteiger partial charge >= 0.3 is 0 Å². The van der Waals surface area contributed by atoms with Crippen LogP contribution in [0.5, 0.6) is 11.5 Å². The highest BCUT2D eigenvalue weighted by Crippen LogP contribution is 2.35. The number of β-amino-alcohol motifs (C(OH)–C–C–N with tert-alkyl or cyclic N) is 1. The maximum Gasteiger partial charge on any atom is 0.260 e. The van der Waals surface area contributed by atoms with Crippen LogP contribution in [-0.2, 0) is 36.9 Å². The highest BCUT2D eigenvalue weighted by molar-refractivity contribution is 7.13. The summed E-state index contributed by atoms with van der Waals surface area (Å²) in [6.45, 7) is 8.58. The van der Waals surface area contributed by atoms with E-state index in [1.165, 1.54) is 21.6 Å². The van der Waals surface area contributed by atoms with Gasteiger partial charge in [-0.15, -0.1) is 11.3 Å². The highest BCUT2D eigenvalue weighted by atomic mass is 32.1. The van der Waals surface area contributed by atoms with Gasteiger partial charge in [0, 0.05) is 26.6 Å². The summed E-state index contributed by atoms with van der Waals surface area (Å²) < 4.78 is 17.5. The van der Waals surface area contributed by atoms with Crippen molar-refractivity contribution >= 4 is 46.1 Å². The molecule has 0 radical (unpaired) electrons. The number of carbonyl (C=O) groups excluding carboxylic acids is 4. The zero-order chi connectivity index (χ0) is 51.0. The second kappa shape index (κ2) is 25.8. The number of aliphatic hydroxyl groups excluding tert-OH is 1. The van der Waals surface area contributed by atoms with Crippen LogP contribution in [0.2, 0.25) is 0 Å². The number of nitrogens with zero attached hydrogens (tertiary/aromatic N) is 3. The van der Waals surface area contributed by atoms with E-state index in [4.69, 9.17) is 14.2 Å². The number of aromatic nitrogens is 1. The minimum absolute atomic E-state index is 0.00958. The van der Waals surface area contributed by atoms with Crippen molar-refractivity contribution in [2.24, 2.45) is 5.92 Å². The van der Waals surface area contributed by atoms with E-state index >= 15 is 0 Å². The van der Waals surface area contributed by atoms with E-state index in [0.717, 1.165) is 50.6 Å². The first-order chi connectivity index (χ1) is 34.9. The van der Waals surface area contributed by atoms with Crippen LogP contribution in [0, 0.1) is 12.8 Å². The van der Waals surface area contributed by atoms with Crippen molar-refractivity contribution in [3.63, 3.8) is 0 Å². The third-order valence-electron chi connectivity index (χ3n) is 12.7. The number of aliphatic hydroxyl groups is 1. The van der Waals surface area contributed by atoms with E-state index in [0.29, 0.717) is 25.3 Å². The summed E-state index contributed by atoms with van der Waals surface area (Å²) in [7, 11) is 1.72. The zero-order valence-corrected chi connectivity index (χ0v) is 42.5. The molecule has 13 nitrogen and oxygen atoms in total. The van der Waals surface area contributed by atoms with Crippen molar-refractivity contribution in [2.45, 2.75) is 71.7 Å². The first kappa shape index (κ1) is 52.7. The summed E-state index contributed by atoms with van der Waals surface area (Å²) in [6.07, 6.45) is 0.627. The van der Waals surface area contributed by atoms with Gasteiger partial charge in [0.05, 0.1) is 35.3 Å². The molecule has 0 aliphatic carbocycles. The predicted molar refractivity (Wildman–Crippen MR) is 282 cm³/mol. The van der Waals surface area contributed by atoms with Gasteiger partial charge < -0.3 is 39.8 Å². The number of hydrogen-bond acceptors (Lipinski definition) is 10. The standard InChI is InChI=1S/C58H65N5O8S/c1-6-50(43-13-9-7-10-14-43)54(44-15-11-8-12-16-44)45-23-27-48(28-24-45)70-32-30-62(5)53(66)37-71-49-25-19-41(20-26-49)29-31-69-36-52(65)61-55(39(2)3)58(68)63-35-47(64)33-51(63)57(67)59-34-42-17-21-46(22-18-42)56-40(4)60-38-72-56/h7-28,38-39,47,51,55,64H,6,29-37H2,1-5H3,(H,59,67)(H,61,65)/b54-50-/t47-,51+,55+/m1/s1. The molecule has 1 saturated heterocycles. The van der Waals surface area contributed by atoms with Crippen molar-refractivity contribution in [1.82, 2.24) is 25.4 Å². The average molecular weight is 992 g/mol. The molecule has 0 unspecified atom stereocenters. The number of likely N-dealkylation sites (tertiary alicyclic amines) is 1. The molecule has 1 aliphatic heterocycles. The monoisotopic (exact) mass is 991 g/mol. The maximum atomic E-state index is 13.8. The molecule has 0 bridgehead atoms. The maximum absolute atomic E-state index is 13.8. The summed E-state index contributed by atoms with van der Waals surface area (Å²) in [5.74, 6) is -0.477. The Morgan fingerprint density at radius 3 is 2.06 bits per heavy atom. The second-order valence-electron chi connectivity index (χ2n) is 18.2. The molecular weight excluding hydrogens is 927 g/mol. The Balaban J connectivity index is 0.800. The van der Waals surface area contributed by atoms with E-state index in [-0.39, 0.29) is 57.1 Å². The number of carbonyl (C=O) groups is 4. The molecule has 14 heteroatoms. The SMILES string of the molecule is CC/C(=C(\c1ccccc1)c1ccc(OCCN(C)C(=O)COc2ccc(CCOCC(=O)N[C@H](C(=O)N3C[C@H](O)C[C@H]3C(=O)NCc3ccc(-c4scnc4C)cc3)C(C)C)cc2)cc1)c1ccccc1. The van der Waals surface area contributed by atoms with Crippen molar-refractivity contribution < 1.29 is 38.5 Å². The van der Waals surface area contributed by atoms with Gasteiger partial charge in [-0.1, -0.05) is 130 Å². The lowest BCUT2D eigenvalue weighted by Crippen LogP contribution is -2.55. The Bertz CT molecular complexity index is 2750. The molecule has 3 N–H and O–H groups in total. The summed E-state index contributed by atoms with van der Waals surface area (Å²) in [4.78, 5) is 61.5. The lowest BCUT2D eigenvalue weighted by molar-refractivity contribution is -0.143. The fourth-order valence-corrected chi connectivity index (χ4v) is 9.47. The summed E-state index contributed by atoms with van der Waals surface area (Å²) >= 11 is 1.57. The quantitative estimate of drug-likeness (QED) is 0.0424. The number of nitrogens with one attached hydrogen (secondary N) is 2. The number of hydrogen-bond donors (Lipinski definition) is 3. The number of likely N-dealkylation sites (N-methyl/N-ethyl adjacent to an activating group) is 1. The third kappa shape index (κ3) is 14.3. The molecule has 72 heavy (non-hydrogen) atoms. The first-order valence-corrected chi connectivity index (χ1v) is 25.4. The Kier molecular flexibility index (Phi) is 18.9. The molecule has 2 heterocycles. The molecule has 1 fully saturated rings. The lowest BCUT2D eigenvalue weighted by atomic mass is 9.88. The van der Waals surface area contributed by atoms with Gasteiger partial charge in [-0.3, -0.25) is 19.2 Å². The second-order valence-corrected chi connectivity index (χ2v) is 19.1. The van der Waals surface area contributed by atoms with Crippen molar-refractivity contribution in [3.8, 4) is 21.9 Å². The minimum atomic E-state index is -0.919. The number of rotatable bonds is 23. The Morgan fingerprint density at radius 1 is 0.792 bits per heavy atom. The lowest BCUT2D eigenvalue weighted by Gasteiger charge is -2.30. The van der Waals surface area contributed by atoms with Crippen LogP contribution in [0.25, 0.3) is 21.6 Å². The van der Waals surface area contributed by atoms with Crippen molar-refractivity contribution in [2.75, 3.05) is 46.6 Å². The van der Waals surface area contributed by atoms with E-state index in [1.54, 1.807) is 35.4 Å². The van der Waals surface area contributed by atoms with Gasteiger partial charge in [0.25, 0.3) is 5.91 Å². The average Bonchev–Trinajstić information content (AvgIpc) is 4.02. The first-order valence-electron chi connectivity index (χ1n) is 24.5. The fraction of sp³-hybridized carbons (Fsp3) is 0.328. The number of ether oxygens (including phenoxy) is 3.